The van der Waals surface area contributed by atoms with Crippen molar-refractivity contribution >= 4 is 9.84 Å². The Labute approximate surface area is 115 Å². The molecule has 2 N–H and O–H groups in total. The molecule has 1 aromatic rings. The molecule has 4 heteroatoms. The summed E-state index contributed by atoms with van der Waals surface area (Å²) in [7, 11) is -3.14. The molecule has 1 saturated carbocycles. The van der Waals surface area contributed by atoms with Crippen LogP contribution in [-0.2, 0) is 9.84 Å². The van der Waals surface area contributed by atoms with Crippen molar-refractivity contribution in [2.75, 3.05) is 5.75 Å². The van der Waals surface area contributed by atoms with E-state index in [2.05, 4.69) is 6.92 Å². The van der Waals surface area contributed by atoms with Crippen LogP contribution in [0.2, 0.25) is 0 Å². The fraction of sp³-hybridized carbons (Fsp3) is 0.600. The number of hydrogen-bond donors (Lipinski definition) is 1. The van der Waals surface area contributed by atoms with Gasteiger partial charge in [-0.05, 0) is 43.2 Å². The van der Waals surface area contributed by atoms with Crippen LogP contribution in [0.15, 0.2) is 29.2 Å². The summed E-state index contributed by atoms with van der Waals surface area (Å²) in [5.41, 5.74) is 7.20. The van der Waals surface area contributed by atoms with E-state index in [1.165, 1.54) is 0 Å². The molecule has 1 aliphatic carbocycles. The number of fused-ring (bicyclic) bond motifs is 1. The molecule has 1 aromatic carbocycles. The van der Waals surface area contributed by atoms with Gasteiger partial charge in [-0.15, -0.1) is 0 Å². The first kappa shape index (κ1) is 13.1. The highest BCUT2D eigenvalue weighted by Gasteiger charge is 2.46. The molecule has 0 radical (unpaired) electrons. The van der Waals surface area contributed by atoms with Gasteiger partial charge in [0.1, 0.15) is 0 Å². The molecule has 0 spiro atoms. The molecular weight excluding hydrogens is 258 g/mol. The number of hydrogen-bond acceptors (Lipinski definition) is 3. The average molecular weight is 279 g/mol. The first-order chi connectivity index (χ1) is 8.92. The van der Waals surface area contributed by atoms with E-state index in [1.807, 2.05) is 12.1 Å². The Morgan fingerprint density at radius 2 is 1.84 bits per heavy atom. The van der Waals surface area contributed by atoms with Gasteiger partial charge in [0.15, 0.2) is 9.84 Å². The minimum Gasteiger partial charge on any atom is -0.325 e. The fourth-order valence-electron chi connectivity index (χ4n) is 3.57. The third kappa shape index (κ3) is 2.11. The summed E-state index contributed by atoms with van der Waals surface area (Å²) in [6.07, 6.45) is 4.08. The minimum absolute atomic E-state index is 0.0267. The van der Waals surface area contributed by atoms with Gasteiger partial charge in [0.25, 0.3) is 0 Å². The van der Waals surface area contributed by atoms with Crippen LogP contribution in [0.3, 0.4) is 0 Å². The smallest absolute Gasteiger partial charge is 0.179 e. The SMILES string of the molecule is CC1CCC(N)(C2CS(=O)(=O)c3ccccc32)CC1. The molecule has 2 aliphatic rings. The molecule has 1 aliphatic heterocycles. The van der Waals surface area contributed by atoms with Crippen LogP contribution in [0.25, 0.3) is 0 Å². The number of rotatable bonds is 1. The molecule has 1 fully saturated rings. The third-order valence-corrected chi connectivity index (χ3v) is 6.73. The van der Waals surface area contributed by atoms with Crippen LogP contribution in [0, 0.1) is 5.92 Å². The standard InChI is InChI=1S/C15H21NO2S/c1-11-6-8-15(16,9-7-11)13-10-19(17,18)14-5-3-2-4-12(13)14/h2-5,11,13H,6-10,16H2,1H3. The van der Waals surface area contributed by atoms with E-state index in [1.54, 1.807) is 12.1 Å². The van der Waals surface area contributed by atoms with Gasteiger partial charge in [-0.2, -0.15) is 0 Å². The van der Waals surface area contributed by atoms with Crippen LogP contribution in [0.1, 0.15) is 44.1 Å². The molecule has 0 bridgehead atoms. The maximum atomic E-state index is 12.3. The van der Waals surface area contributed by atoms with Gasteiger partial charge in [0.05, 0.1) is 10.6 Å². The summed E-state index contributed by atoms with van der Waals surface area (Å²) in [6, 6.07) is 7.38. The van der Waals surface area contributed by atoms with Crippen molar-refractivity contribution < 1.29 is 8.42 Å². The molecule has 0 aromatic heterocycles. The summed E-state index contributed by atoms with van der Waals surface area (Å²) in [5.74, 6) is 0.878. The largest absolute Gasteiger partial charge is 0.325 e. The Kier molecular flexibility index (Phi) is 2.98. The molecule has 19 heavy (non-hydrogen) atoms. The zero-order chi connectivity index (χ0) is 13.7. The highest BCUT2D eigenvalue weighted by Crippen LogP contribution is 2.46. The predicted octanol–water partition coefficient (Wildman–Crippen LogP) is 2.47. The van der Waals surface area contributed by atoms with Crippen LogP contribution in [-0.4, -0.2) is 19.7 Å². The molecule has 3 nitrogen and oxygen atoms in total. The van der Waals surface area contributed by atoms with Crippen molar-refractivity contribution in [1.29, 1.82) is 0 Å². The predicted molar refractivity (Wildman–Crippen MR) is 75.8 cm³/mol. The first-order valence-electron chi connectivity index (χ1n) is 7.03. The summed E-state index contributed by atoms with van der Waals surface area (Å²) in [6.45, 7) is 2.25. The quantitative estimate of drug-likeness (QED) is 0.859. The Morgan fingerprint density at radius 3 is 2.53 bits per heavy atom. The van der Waals surface area contributed by atoms with Crippen LogP contribution < -0.4 is 5.73 Å². The zero-order valence-electron chi connectivity index (χ0n) is 11.3. The summed E-state index contributed by atoms with van der Waals surface area (Å²) in [5, 5.41) is 0. The molecule has 0 saturated heterocycles. The molecule has 0 amide bonds. The van der Waals surface area contributed by atoms with E-state index in [-0.39, 0.29) is 17.2 Å². The van der Waals surface area contributed by atoms with Crippen molar-refractivity contribution in [3.8, 4) is 0 Å². The van der Waals surface area contributed by atoms with Crippen molar-refractivity contribution in [2.24, 2.45) is 11.7 Å². The second-order valence-electron chi connectivity index (χ2n) is 6.29. The molecule has 1 atom stereocenters. The molecular formula is C15H21NO2S. The summed E-state index contributed by atoms with van der Waals surface area (Å²) < 4.78 is 24.5. The Hall–Kier alpha value is -0.870. The van der Waals surface area contributed by atoms with Crippen LogP contribution in [0.4, 0.5) is 0 Å². The van der Waals surface area contributed by atoms with Crippen molar-refractivity contribution in [1.82, 2.24) is 0 Å². The lowest BCUT2D eigenvalue weighted by molar-refractivity contribution is 0.217. The number of nitrogens with two attached hydrogens (primary N) is 1. The lowest BCUT2D eigenvalue weighted by atomic mass is 9.69. The van der Waals surface area contributed by atoms with Crippen molar-refractivity contribution in [3.63, 3.8) is 0 Å². The Bertz CT molecular complexity index is 586. The average Bonchev–Trinajstić information content (AvgIpc) is 2.67. The second kappa shape index (κ2) is 4.32. The van der Waals surface area contributed by atoms with Gasteiger partial charge >= 0.3 is 0 Å². The van der Waals surface area contributed by atoms with Gasteiger partial charge < -0.3 is 5.73 Å². The van der Waals surface area contributed by atoms with E-state index in [0.717, 1.165) is 31.2 Å². The van der Waals surface area contributed by atoms with Gasteiger partial charge in [-0.3, -0.25) is 0 Å². The number of sulfone groups is 1. The molecule has 104 valence electrons. The third-order valence-electron chi connectivity index (χ3n) is 4.91. The van der Waals surface area contributed by atoms with E-state index in [4.69, 9.17) is 5.73 Å². The van der Waals surface area contributed by atoms with Gasteiger partial charge in [-0.25, -0.2) is 8.42 Å². The Morgan fingerprint density at radius 1 is 1.21 bits per heavy atom. The maximum Gasteiger partial charge on any atom is 0.179 e. The lowest BCUT2D eigenvalue weighted by Crippen LogP contribution is -2.49. The molecule has 1 heterocycles. The van der Waals surface area contributed by atoms with Gasteiger partial charge in [0.2, 0.25) is 0 Å². The van der Waals surface area contributed by atoms with Crippen LogP contribution in [0.5, 0.6) is 0 Å². The van der Waals surface area contributed by atoms with E-state index >= 15 is 0 Å². The topological polar surface area (TPSA) is 60.2 Å². The summed E-state index contributed by atoms with van der Waals surface area (Å²) in [4.78, 5) is 0.503. The molecule has 3 rings (SSSR count). The van der Waals surface area contributed by atoms with Crippen LogP contribution >= 0.6 is 0 Å². The highest BCUT2D eigenvalue weighted by molar-refractivity contribution is 7.91. The first-order valence-corrected chi connectivity index (χ1v) is 8.68. The molecule has 1 unspecified atom stereocenters. The Balaban J connectivity index is 2.00. The van der Waals surface area contributed by atoms with E-state index in [0.29, 0.717) is 10.8 Å². The minimum atomic E-state index is -3.14. The maximum absolute atomic E-state index is 12.3. The fourth-order valence-corrected chi connectivity index (χ4v) is 5.56. The van der Waals surface area contributed by atoms with Gasteiger partial charge in [-0.1, -0.05) is 25.1 Å². The lowest BCUT2D eigenvalue weighted by Gasteiger charge is -2.40. The number of benzene rings is 1. The zero-order valence-corrected chi connectivity index (χ0v) is 12.1. The monoisotopic (exact) mass is 279 g/mol. The van der Waals surface area contributed by atoms with E-state index < -0.39 is 9.84 Å². The van der Waals surface area contributed by atoms with E-state index in [9.17, 15) is 8.42 Å². The second-order valence-corrected chi connectivity index (χ2v) is 8.29. The van der Waals surface area contributed by atoms with Gasteiger partial charge in [0, 0.05) is 11.5 Å². The normalized spacial score (nSPS) is 36.9. The highest BCUT2D eigenvalue weighted by atomic mass is 32.2. The summed E-state index contributed by atoms with van der Waals surface area (Å²) >= 11 is 0. The van der Waals surface area contributed by atoms with Crippen molar-refractivity contribution in [2.45, 2.75) is 49.0 Å². The van der Waals surface area contributed by atoms with Crippen molar-refractivity contribution in [3.05, 3.63) is 29.8 Å².